The highest BCUT2D eigenvalue weighted by Crippen LogP contribution is 2.24. The van der Waals surface area contributed by atoms with E-state index in [2.05, 4.69) is 22.9 Å². The molecule has 1 heterocycles. The molecule has 0 spiro atoms. The van der Waals surface area contributed by atoms with Crippen LogP contribution < -0.4 is 16.0 Å². The van der Waals surface area contributed by atoms with Gasteiger partial charge in [0.2, 0.25) is 5.91 Å². The molecule has 2 fully saturated rings. The lowest BCUT2D eigenvalue weighted by Crippen LogP contribution is -2.34. The normalized spacial score (nSPS) is 20.6. The van der Waals surface area contributed by atoms with Gasteiger partial charge in [0.05, 0.1) is 0 Å². The van der Waals surface area contributed by atoms with Crippen LogP contribution in [0, 0.1) is 18.8 Å². The van der Waals surface area contributed by atoms with Crippen LogP contribution in [-0.2, 0) is 4.79 Å². The zero-order valence-electron chi connectivity index (χ0n) is 15.6. The molecule has 3 rings (SSSR count). The van der Waals surface area contributed by atoms with Crippen LogP contribution in [0.15, 0.2) is 18.2 Å². The molecule has 1 saturated heterocycles. The van der Waals surface area contributed by atoms with Crippen molar-refractivity contribution in [3.63, 3.8) is 0 Å². The number of nitrogens with one attached hydrogen (secondary N) is 3. The standard InChI is InChI=1S/C20H29N3O2.ClH/c1-13-5-6-15(20(25)22-17-7-8-17)11-18(13)23-19(24)10-14(2)16-4-3-9-21-12-16;/h5-6,11,14,16-17,21H,3-4,7-10,12H2,1-2H3,(H,22,25)(H,23,24);1H. The van der Waals surface area contributed by atoms with E-state index < -0.39 is 0 Å². The van der Waals surface area contributed by atoms with E-state index in [9.17, 15) is 9.59 Å². The summed E-state index contributed by atoms with van der Waals surface area (Å²) in [7, 11) is 0. The minimum atomic E-state index is -0.0559. The molecule has 3 N–H and O–H groups in total. The summed E-state index contributed by atoms with van der Waals surface area (Å²) < 4.78 is 0. The third kappa shape index (κ3) is 5.71. The van der Waals surface area contributed by atoms with Crippen LogP contribution in [0.2, 0.25) is 0 Å². The largest absolute Gasteiger partial charge is 0.349 e. The van der Waals surface area contributed by atoms with Crippen LogP contribution in [0.4, 0.5) is 5.69 Å². The number of hydrogen-bond acceptors (Lipinski definition) is 3. The maximum atomic E-state index is 12.5. The van der Waals surface area contributed by atoms with Crippen molar-refractivity contribution in [3.8, 4) is 0 Å². The van der Waals surface area contributed by atoms with Crippen LogP contribution in [0.25, 0.3) is 0 Å². The Bertz CT molecular complexity index is 640. The lowest BCUT2D eigenvalue weighted by atomic mass is 9.85. The summed E-state index contributed by atoms with van der Waals surface area (Å²) in [5.74, 6) is 0.895. The quantitative estimate of drug-likeness (QED) is 0.710. The molecule has 2 aliphatic rings. The molecule has 1 saturated carbocycles. The Hall–Kier alpha value is -1.59. The Morgan fingerprint density at radius 3 is 2.69 bits per heavy atom. The molecular weight excluding hydrogens is 350 g/mol. The van der Waals surface area contributed by atoms with Gasteiger partial charge in [0, 0.05) is 23.7 Å². The molecule has 1 aliphatic heterocycles. The second-order valence-electron chi connectivity index (χ2n) is 7.61. The fourth-order valence-electron chi connectivity index (χ4n) is 3.42. The van der Waals surface area contributed by atoms with E-state index in [1.165, 1.54) is 12.8 Å². The highest BCUT2D eigenvalue weighted by molar-refractivity contribution is 5.98. The van der Waals surface area contributed by atoms with Crippen molar-refractivity contribution in [2.24, 2.45) is 11.8 Å². The predicted octanol–water partition coefficient (Wildman–Crippen LogP) is 3.27. The topological polar surface area (TPSA) is 70.2 Å². The maximum absolute atomic E-state index is 12.5. The number of rotatable bonds is 6. The van der Waals surface area contributed by atoms with E-state index in [1.807, 2.05) is 19.1 Å². The zero-order chi connectivity index (χ0) is 17.8. The first-order valence-electron chi connectivity index (χ1n) is 9.45. The van der Waals surface area contributed by atoms with Gasteiger partial charge >= 0.3 is 0 Å². The number of benzene rings is 1. The lowest BCUT2D eigenvalue weighted by Gasteiger charge is -2.28. The Morgan fingerprint density at radius 1 is 1.27 bits per heavy atom. The minimum absolute atomic E-state index is 0. The van der Waals surface area contributed by atoms with Crippen molar-refractivity contribution in [1.82, 2.24) is 10.6 Å². The Kier molecular flexibility index (Phi) is 7.47. The SMILES string of the molecule is Cc1ccc(C(=O)NC2CC2)cc1NC(=O)CC(C)C1CCCNC1.Cl. The Labute approximate surface area is 162 Å². The molecule has 5 nitrogen and oxygen atoms in total. The number of hydrogen-bond donors (Lipinski definition) is 3. The fourth-order valence-corrected chi connectivity index (χ4v) is 3.42. The molecule has 26 heavy (non-hydrogen) atoms. The van der Waals surface area contributed by atoms with Crippen LogP contribution in [0.3, 0.4) is 0 Å². The molecular formula is C20H30ClN3O2. The average Bonchev–Trinajstić information content (AvgIpc) is 3.41. The van der Waals surface area contributed by atoms with E-state index in [-0.39, 0.29) is 24.2 Å². The summed E-state index contributed by atoms with van der Waals surface area (Å²) in [5.41, 5.74) is 2.32. The van der Waals surface area contributed by atoms with E-state index in [0.717, 1.165) is 37.2 Å². The smallest absolute Gasteiger partial charge is 0.251 e. The molecule has 0 radical (unpaired) electrons. The lowest BCUT2D eigenvalue weighted by molar-refractivity contribution is -0.117. The summed E-state index contributed by atoms with van der Waals surface area (Å²) in [6.07, 6.45) is 5.03. The van der Waals surface area contributed by atoms with Crippen LogP contribution in [-0.4, -0.2) is 30.9 Å². The number of halogens is 1. The average molecular weight is 380 g/mol. The molecule has 144 valence electrons. The summed E-state index contributed by atoms with van der Waals surface area (Å²) in [6, 6.07) is 5.83. The number of aryl methyl sites for hydroxylation is 1. The van der Waals surface area contributed by atoms with Gasteiger partial charge in [0.25, 0.3) is 5.91 Å². The van der Waals surface area contributed by atoms with Crippen molar-refractivity contribution in [3.05, 3.63) is 29.3 Å². The first-order chi connectivity index (χ1) is 12.0. The fraction of sp³-hybridized carbons (Fsp3) is 0.600. The van der Waals surface area contributed by atoms with Gasteiger partial charge in [-0.25, -0.2) is 0 Å². The van der Waals surface area contributed by atoms with E-state index in [1.54, 1.807) is 6.07 Å². The first-order valence-corrected chi connectivity index (χ1v) is 9.45. The monoisotopic (exact) mass is 379 g/mol. The molecule has 0 bridgehead atoms. The molecule has 2 unspecified atom stereocenters. The second-order valence-corrected chi connectivity index (χ2v) is 7.61. The number of piperidine rings is 1. The molecule has 1 aromatic carbocycles. The third-order valence-corrected chi connectivity index (χ3v) is 5.33. The molecule has 1 aromatic rings. The van der Waals surface area contributed by atoms with Crippen molar-refractivity contribution in [2.45, 2.75) is 52.0 Å². The van der Waals surface area contributed by atoms with Crippen molar-refractivity contribution in [1.29, 1.82) is 0 Å². The molecule has 2 amide bonds. The van der Waals surface area contributed by atoms with Gasteiger partial charge < -0.3 is 16.0 Å². The highest BCUT2D eigenvalue weighted by atomic mass is 35.5. The highest BCUT2D eigenvalue weighted by Gasteiger charge is 2.24. The van der Waals surface area contributed by atoms with Gasteiger partial charge in [-0.15, -0.1) is 12.4 Å². The van der Waals surface area contributed by atoms with Gasteiger partial charge in [-0.1, -0.05) is 13.0 Å². The van der Waals surface area contributed by atoms with Crippen LogP contribution >= 0.6 is 12.4 Å². The Balaban J connectivity index is 0.00000243. The summed E-state index contributed by atoms with van der Waals surface area (Å²) >= 11 is 0. The minimum Gasteiger partial charge on any atom is -0.349 e. The van der Waals surface area contributed by atoms with E-state index in [4.69, 9.17) is 0 Å². The van der Waals surface area contributed by atoms with Crippen LogP contribution in [0.1, 0.15) is 54.9 Å². The van der Waals surface area contributed by atoms with Gasteiger partial charge in [0.15, 0.2) is 0 Å². The van der Waals surface area contributed by atoms with Crippen LogP contribution in [0.5, 0.6) is 0 Å². The Morgan fingerprint density at radius 2 is 2.04 bits per heavy atom. The van der Waals surface area contributed by atoms with Gasteiger partial charge in [-0.05, 0) is 75.2 Å². The van der Waals surface area contributed by atoms with E-state index >= 15 is 0 Å². The summed E-state index contributed by atoms with van der Waals surface area (Å²) in [6.45, 7) is 6.20. The second kappa shape index (κ2) is 9.38. The number of anilines is 1. The van der Waals surface area contributed by atoms with Gasteiger partial charge in [-0.3, -0.25) is 9.59 Å². The molecule has 2 atom stereocenters. The molecule has 1 aliphatic carbocycles. The van der Waals surface area contributed by atoms with Crippen molar-refractivity contribution < 1.29 is 9.59 Å². The van der Waals surface area contributed by atoms with Crippen molar-refractivity contribution >= 4 is 29.9 Å². The van der Waals surface area contributed by atoms with E-state index in [0.29, 0.717) is 29.9 Å². The number of carbonyl (C=O) groups is 2. The molecule has 6 heteroatoms. The predicted molar refractivity (Wildman–Crippen MR) is 107 cm³/mol. The number of amides is 2. The first kappa shape index (κ1) is 20.7. The molecule has 0 aromatic heterocycles. The van der Waals surface area contributed by atoms with Gasteiger partial charge in [-0.2, -0.15) is 0 Å². The third-order valence-electron chi connectivity index (χ3n) is 5.33. The summed E-state index contributed by atoms with van der Waals surface area (Å²) in [5, 5.41) is 9.40. The van der Waals surface area contributed by atoms with Gasteiger partial charge in [0.1, 0.15) is 0 Å². The zero-order valence-corrected chi connectivity index (χ0v) is 16.5. The summed E-state index contributed by atoms with van der Waals surface area (Å²) in [4.78, 5) is 24.7. The maximum Gasteiger partial charge on any atom is 0.251 e. The van der Waals surface area contributed by atoms with Crippen molar-refractivity contribution in [2.75, 3.05) is 18.4 Å². The number of carbonyl (C=O) groups excluding carboxylic acids is 2.